The van der Waals surface area contributed by atoms with E-state index in [1.807, 2.05) is 18.5 Å². The van der Waals surface area contributed by atoms with Gasteiger partial charge < -0.3 is 5.32 Å². The zero-order valence-electron chi connectivity index (χ0n) is 12.0. The summed E-state index contributed by atoms with van der Waals surface area (Å²) in [6.07, 6.45) is 10.1. The Kier molecular flexibility index (Phi) is 4.92. The summed E-state index contributed by atoms with van der Waals surface area (Å²) in [7, 11) is 0. The Hall–Kier alpha value is -0.960. The Morgan fingerprint density at radius 3 is 2.95 bits per heavy atom. The van der Waals surface area contributed by atoms with Crippen molar-refractivity contribution in [1.82, 2.24) is 10.3 Å². The van der Waals surface area contributed by atoms with E-state index >= 15 is 0 Å². The molecule has 0 radical (unpaired) electrons. The number of aromatic nitrogens is 1. The number of pyridine rings is 1. The molecule has 1 fully saturated rings. The Labute approximate surface area is 122 Å². The molecule has 0 saturated heterocycles. The van der Waals surface area contributed by atoms with Crippen LogP contribution in [0.4, 0.5) is 0 Å². The number of thiocarbonyl (C=S) groups is 1. The summed E-state index contributed by atoms with van der Waals surface area (Å²) < 4.78 is 0. The van der Waals surface area contributed by atoms with Gasteiger partial charge in [-0.3, -0.25) is 4.98 Å². The van der Waals surface area contributed by atoms with Crippen LogP contribution in [0.2, 0.25) is 0 Å². The predicted molar refractivity (Wildman–Crippen MR) is 84.4 cm³/mol. The highest BCUT2D eigenvalue weighted by Gasteiger charge is 2.44. The van der Waals surface area contributed by atoms with Gasteiger partial charge in [0.15, 0.2) is 0 Å². The minimum atomic E-state index is 0.00655. The molecule has 0 bridgehead atoms. The summed E-state index contributed by atoms with van der Waals surface area (Å²) in [6.45, 7) is 5.31. The highest BCUT2D eigenvalue weighted by atomic mass is 32.1. The summed E-state index contributed by atoms with van der Waals surface area (Å²) in [5.74, 6) is 0.636. The fraction of sp³-hybridized carbons (Fsp3) is 0.625. The van der Waals surface area contributed by atoms with Gasteiger partial charge in [-0.05, 0) is 37.3 Å². The molecule has 1 aromatic heterocycles. The lowest BCUT2D eigenvalue weighted by molar-refractivity contribution is 0.244. The van der Waals surface area contributed by atoms with E-state index in [0.717, 1.165) is 18.0 Å². The van der Waals surface area contributed by atoms with Crippen molar-refractivity contribution in [2.75, 3.05) is 6.54 Å². The van der Waals surface area contributed by atoms with Crippen molar-refractivity contribution in [2.24, 2.45) is 5.92 Å². The number of likely N-dealkylation sites (N-methyl/N-ethyl adjacent to an activating group) is 1. The lowest BCUT2D eigenvalue weighted by Crippen LogP contribution is -2.50. The van der Waals surface area contributed by atoms with E-state index in [9.17, 15) is 0 Å². The van der Waals surface area contributed by atoms with Crippen molar-refractivity contribution >= 4 is 17.2 Å². The highest BCUT2D eigenvalue weighted by molar-refractivity contribution is 7.80. The van der Waals surface area contributed by atoms with Crippen LogP contribution < -0.4 is 5.32 Å². The number of nitrogens with zero attached hydrogens (tertiary/aromatic N) is 1. The molecular formula is C16H24N2S. The number of nitrogens with one attached hydrogen (secondary N) is 1. The average Bonchev–Trinajstić information content (AvgIpc) is 2.48. The van der Waals surface area contributed by atoms with Crippen LogP contribution in [0, 0.1) is 5.92 Å². The molecule has 1 aromatic rings. The third-order valence-corrected chi connectivity index (χ3v) is 4.99. The first-order valence-corrected chi connectivity index (χ1v) is 7.85. The van der Waals surface area contributed by atoms with Crippen LogP contribution in [0.1, 0.15) is 51.5 Å². The van der Waals surface area contributed by atoms with Gasteiger partial charge in [0.25, 0.3) is 0 Å². The van der Waals surface area contributed by atoms with E-state index in [0.29, 0.717) is 5.92 Å². The molecule has 2 atom stereocenters. The summed E-state index contributed by atoms with van der Waals surface area (Å²) in [5.41, 5.74) is 1.31. The number of hydrogen-bond donors (Lipinski definition) is 1. The molecule has 104 valence electrons. The lowest BCUT2D eigenvalue weighted by Gasteiger charge is -2.45. The molecule has 2 unspecified atom stereocenters. The van der Waals surface area contributed by atoms with E-state index in [2.05, 4.69) is 30.2 Å². The molecule has 1 N–H and O–H groups in total. The molecule has 19 heavy (non-hydrogen) atoms. The number of hydrogen-bond acceptors (Lipinski definition) is 2. The maximum absolute atomic E-state index is 5.77. The molecule has 1 aliphatic carbocycles. The van der Waals surface area contributed by atoms with Crippen LogP contribution >= 0.6 is 12.2 Å². The standard InChI is InChI=1S/C16H24N2S/c1-3-13-8-5-6-10-16(13,15(19)18-4-2)14-9-7-11-17-12-14/h7,9,11-13H,3-6,8,10H2,1-2H3,(H,18,19). The van der Waals surface area contributed by atoms with Crippen LogP contribution in [-0.4, -0.2) is 16.5 Å². The summed E-state index contributed by atoms with van der Waals surface area (Å²) >= 11 is 5.77. The fourth-order valence-electron chi connectivity index (χ4n) is 3.55. The lowest BCUT2D eigenvalue weighted by atomic mass is 9.61. The summed E-state index contributed by atoms with van der Waals surface area (Å²) in [5, 5.41) is 3.42. The van der Waals surface area contributed by atoms with Gasteiger partial charge in [0, 0.05) is 24.4 Å². The zero-order chi connectivity index (χ0) is 13.7. The molecule has 0 spiro atoms. The van der Waals surface area contributed by atoms with Crippen LogP contribution in [-0.2, 0) is 5.41 Å². The summed E-state index contributed by atoms with van der Waals surface area (Å²) in [6, 6.07) is 4.23. The van der Waals surface area contributed by atoms with Crippen LogP contribution in [0.5, 0.6) is 0 Å². The zero-order valence-corrected chi connectivity index (χ0v) is 12.8. The average molecular weight is 276 g/mol. The van der Waals surface area contributed by atoms with Crippen molar-refractivity contribution < 1.29 is 0 Å². The van der Waals surface area contributed by atoms with Gasteiger partial charge in [0.05, 0.1) is 4.99 Å². The predicted octanol–water partition coefficient (Wildman–Crippen LogP) is 3.86. The highest BCUT2D eigenvalue weighted by Crippen LogP contribution is 2.45. The SMILES string of the molecule is CCNC(=S)C1(c2cccnc2)CCCCC1CC. The molecule has 1 saturated carbocycles. The Morgan fingerprint density at radius 2 is 2.32 bits per heavy atom. The normalized spacial score (nSPS) is 26.9. The minimum absolute atomic E-state index is 0.00655. The first-order chi connectivity index (χ1) is 9.25. The smallest absolute Gasteiger partial charge is 0.0863 e. The van der Waals surface area contributed by atoms with E-state index in [1.165, 1.54) is 31.2 Å². The van der Waals surface area contributed by atoms with Crippen molar-refractivity contribution in [1.29, 1.82) is 0 Å². The third-order valence-electron chi connectivity index (χ3n) is 4.48. The van der Waals surface area contributed by atoms with Crippen molar-refractivity contribution in [3.05, 3.63) is 30.1 Å². The molecule has 0 aromatic carbocycles. The fourth-order valence-corrected chi connectivity index (χ4v) is 4.08. The monoisotopic (exact) mass is 276 g/mol. The van der Waals surface area contributed by atoms with Gasteiger partial charge in [-0.25, -0.2) is 0 Å². The Bertz CT molecular complexity index is 418. The van der Waals surface area contributed by atoms with E-state index in [4.69, 9.17) is 12.2 Å². The quantitative estimate of drug-likeness (QED) is 0.845. The second-order valence-corrected chi connectivity index (χ2v) is 5.83. The van der Waals surface area contributed by atoms with Gasteiger partial charge in [0.1, 0.15) is 0 Å². The Morgan fingerprint density at radius 1 is 1.47 bits per heavy atom. The first-order valence-electron chi connectivity index (χ1n) is 7.44. The van der Waals surface area contributed by atoms with Crippen molar-refractivity contribution in [3.8, 4) is 0 Å². The largest absolute Gasteiger partial charge is 0.379 e. The molecule has 0 amide bonds. The van der Waals surface area contributed by atoms with Gasteiger partial charge >= 0.3 is 0 Å². The second kappa shape index (κ2) is 6.47. The van der Waals surface area contributed by atoms with E-state index in [-0.39, 0.29) is 5.41 Å². The Balaban J connectivity index is 2.45. The van der Waals surface area contributed by atoms with E-state index < -0.39 is 0 Å². The number of rotatable bonds is 4. The molecule has 0 aliphatic heterocycles. The molecule has 1 heterocycles. The van der Waals surface area contributed by atoms with Gasteiger partial charge in [0.2, 0.25) is 0 Å². The first kappa shape index (κ1) is 14.4. The van der Waals surface area contributed by atoms with Crippen molar-refractivity contribution in [2.45, 2.75) is 51.4 Å². The van der Waals surface area contributed by atoms with Crippen LogP contribution in [0.25, 0.3) is 0 Å². The van der Waals surface area contributed by atoms with Crippen LogP contribution in [0.15, 0.2) is 24.5 Å². The molecular weight excluding hydrogens is 252 g/mol. The molecule has 2 nitrogen and oxygen atoms in total. The van der Waals surface area contributed by atoms with Gasteiger partial charge in [-0.1, -0.05) is 44.5 Å². The maximum Gasteiger partial charge on any atom is 0.0863 e. The maximum atomic E-state index is 5.77. The minimum Gasteiger partial charge on any atom is -0.379 e. The molecule has 3 heteroatoms. The molecule has 2 rings (SSSR count). The van der Waals surface area contributed by atoms with Crippen molar-refractivity contribution in [3.63, 3.8) is 0 Å². The van der Waals surface area contributed by atoms with Gasteiger partial charge in [-0.15, -0.1) is 0 Å². The second-order valence-electron chi connectivity index (χ2n) is 5.42. The van der Waals surface area contributed by atoms with E-state index in [1.54, 1.807) is 0 Å². The third kappa shape index (κ3) is 2.66. The van der Waals surface area contributed by atoms with Crippen LogP contribution in [0.3, 0.4) is 0 Å². The van der Waals surface area contributed by atoms with Gasteiger partial charge in [-0.2, -0.15) is 0 Å². The molecule has 1 aliphatic rings. The topological polar surface area (TPSA) is 24.9 Å². The summed E-state index contributed by atoms with van der Waals surface area (Å²) in [4.78, 5) is 5.35.